The van der Waals surface area contributed by atoms with Gasteiger partial charge in [0, 0.05) is 11.8 Å². The van der Waals surface area contributed by atoms with E-state index in [0.717, 1.165) is 44.2 Å². The van der Waals surface area contributed by atoms with Crippen molar-refractivity contribution in [3.05, 3.63) is 29.9 Å². The van der Waals surface area contributed by atoms with E-state index in [-0.39, 0.29) is 10.8 Å². The molecule has 0 unspecified atom stereocenters. The zero-order chi connectivity index (χ0) is 18.2. The second-order valence-corrected chi connectivity index (χ2v) is 9.79. The van der Waals surface area contributed by atoms with Gasteiger partial charge in [-0.25, -0.2) is 4.98 Å². The largest absolute Gasteiger partial charge is 0.383 e. The van der Waals surface area contributed by atoms with Crippen molar-refractivity contribution >= 4 is 5.78 Å². The molecule has 3 fully saturated rings. The van der Waals surface area contributed by atoms with Crippen LogP contribution in [0.25, 0.3) is 0 Å². The molecule has 4 aliphatic carbocycles. The van der Waals surface area contributed by atoms with Crippen molar-refractivity contribution in [2.24, 2.45) is 28.6 Å². The fourth-order valence-electron chi connectivity index (χ4n) is 7.50. The molecular weight excluding hydrogens is 324 g/mol. The molecule has 3 saturated carbocycles. The highest BCUT2D eigenvalue weighted by Gasteiger charge is 2.64. The molecule has 0 saturated heterocycles. The Morgan fingerprint density at radius 2 is 1.92 bits per heavy atom. The number of ketones is 1. The van der Waals surface area contributed by atoms with Crippen LogP contribution in [-0.4, -0.2) is 20.9 Å². The Morgan fingerprint density at radius 1 is 1.12 bits per heavy atom. The minimum Gasteiger partial charge on any atom is -0.383 e. The van der Waals surface area contributed by atoms with Crippen LogP contribution in [0.3, 0.4) is 0 Å². The van der Waals surface area contributed by atoms with E-state index in [9.17, 15) is 9.90 Å². The first-order valence-electron chi connectivity index (χ1n) is 10.3. The summed E-state index contributed by atoms with van der Waals surface area (Å²) in [6.45, 7) is 4.74. The number of fused-ring (bicyclic) bond motifs is 5. The molecule has 26 heavy (non-hydrogen) atoms. The highest BCUT2D eigenvalue weighted by molar-refractivity contribution is 5.91. The number of imidazole rings is 1. The smallest absolute Gasteiger partial charge is 0.155 e. The quantitative estimate of drug-likeness (QED) is 0.797. The highest BCUT2D eigenvalue weighted by Crippen LogP contribution is 2.69. The van der Waals surface area contributed by atoms with Gasteiger partial charge in [0.05, 0.1) is 18.2 Å². The van der Waals surface area contributed by atoms with E-state index in [1.54, 1.807) is 6.33 Å². The van der Waals surface area contributed by atoms with Crippen molar-refractivity contribution in [3.8, 4) is 0 Å². The van der Waals surface area contributed by atoms with E-state index in [1.807, 2.05) is 12.3 Å². The normalized spacial score (nSPS) is 47.7. The molecule has 1 heterocycles. The van der Waals surface area contributed by atoms with Gasteiger partial charge in [0.1, 0.15) is 5.60 Å². The van der Waals surface area contributed by atoms with Crippen molar-refractivity contribution in [2.45, 2.75) is 70.8 Å². The third kappa shape index (κ3) is 1.94. The molecule has 140 valence electrons. The van der Waals surface area contributed by atoms with E-state index in [0.29, 0.717) is 30.0 Å². The number of aromatic nitrogens is 2. The van der Waals surface area contributed by atoms with Crippen molar-refractivity contribution in [2.75, 3.05) is 0 Å². The Kier molecular flexibility index (Phi) is 3.42. The van der Waals surface area contributed by atoms with E-state index >= 15 is 0 Å². The first kappa shape index (κ1) is 16.7. The molecule has 4 heteroatoms. The average Bonchev–Trinajstić information content (AvgIpc) is 3.24. The molecule has 4 nitrogen and oxygen atoms in total. The number of rotatable bonds is 1. The van der Waals surface area contributed by atoms with Gasteiger partial charge in [0.25, 0.3) is 0 Å². The lowest BCUT2D eigenvalue weighted by molar-refractivity contribution is -0.135. The lowest BCUT2D eigenvalue weighted by Crippen LogP contribution is -2.53. The Morgan fingerprint density at radius 3 is 2.69 bits per heavy atom. The number of carbonyl (C=O) groups excluding carboxylic acids is 1. The first-order chi connectivity index (χ1) is 12.4. The minimum atomic E-state index is -0.779. The number of hydrogen-bond donors (Lipinski definition) is 2. The number of H-pyrrole nitrogens is 1. The first-order valence-corrected chi connectivity index (χ1v) is 10.3. The summed E-state index contributed by atoms with van der Waals surface area (Å²) in [6.07, 6.45) is 13.6. The number of aliphatic hydroxyl groups is 1. The van der Waals surface area contributed by atoms with Gasteiger partial charge in [0.15, 0.2) is 5.78 Å². The Labute approximate surface area is 155 Å². The van der Waals surface area contributed by atoms with E-state index in [2.05, 4.69) is 23.8 Å². The minimum absolute atomic E-state index is 0.0806. The van der Waals surface area contributed by atoms with Crippen LogP contribution in [-0.2, 0) is 10.4 Å². The maximum absolute atomic E-state index is 12.0. The molecule has 0 amide bonds. The van der Waals surface area contributed by atoms with Gasteiger partial charge >= 0.3 is 0 Å². The summed E-state index contributed by atoms with van der Waals surface area (Å²) in [5, 5.41) is 11.7. The molecule has 0 aromatic carbocycles. The molecule has 6 atom stereocenters. The zero-order valence-corrected chi connectivity index (χ0v) is 15.9. The van der Waals surface area contributed by atoms with E-state index < -0.39 is 5.60 Å². The van der Waals surface area contributed by atoms with Crippen LogP contribution in [0.4, 0.5) is 0 Å². The predicted octanol–water partition coefficient (Wildman–Crippen LogP) is 4.13. The molecule has 1 aromatic rings. The molecule has 2 N–H and O–H groups in total. The number of aromatic amines is 1. The second-order valence-electron chi connectivity index (χ2n) is 9.79. The molecule has 0 radical (unpaired) electrons. The number of nitrogens with one attached hydrogen (secondary N) is 1. The van der Waals surface area contributed by atoms with Crippen molar-refractivity contribution in [1.29, 1.82) is 0 Å². The van der Waals surface area contributed by atoms with E-state index in [4.69, 9.17) is 0 Å². The molecule has 4 aliphatic rings. The summed E-state index contributed by atoms with van der Waals surface area (Å²) in [5.41, 5.74) is 1.65. The summed E-state index contributed by atoms with van der Waals surface area (Å²) >= 11 is 0. The number of nitrogens with zero attached hydrogens (tertiary/aromatic N) is 1. The number of allylic oxidation sites excluding steroid dienone is 1. The van der Waals surface area contributed by atoms with Crippen molar-refractivity contribution < 1.29 is 9.90 Å². The Balaban J connectivity index is 1.51. The lowest BCUT2D eigenvalue weighted by atomic mass is 9.46. The number of hydrogen-bond acceptors (Lipinski definition) is 3. The van der Waals surface area contributed by atoms with Crippen molar-refractivity contribution in [1.82, 2.24) is 9.97 Å². The van der Waals surface area contributed by atoms with Crippen LogP contribution in [0.2, 0.25) is 0 Å². The topological polar surface area (TPSA) is 66.0 Å². The van der Waals surface area contributed by atoms with Crippen LogP contribution in [0.15, 0.2) is 24.2 Å². The molecule has 0 spiro atoms. The third-order valence-electron chi connectivity index (χ3n) is 9.06. The molecule has 0 bridgehead atoms. The van der Waals surface area contributed by atoms with Crippen LogP contribution in [0.5, 0.6) is 0 Å². The summed E-state index contributed by atoms with van der Waals surface area (Å²) in [4.78, 5) is 19.3. The van der Waals surface area contributed by atoms with Crippen molar-refractivity contribution in [3.63, 3.8) is 0 Å². The predicted molar refractivity (Wildman–Crippen MR) is 99.2 cm³/mol. The molecular formula is C22H30N2O2. The Hall–Kier alpha value is -1.42. The van der Waals surface area contributed by atoms with Gasteiger partial charge in [-0.05, 0) is 74.2 Å². The summed E-state index contributed by atoms with van der Waals surface area (Å²) < 4.78 is 0. The van der Waals surface area contributed by atoms with Gasteiger partial charge in [-0.2, -0.15) is 0 Å². The maximum Gasteiger partial charge on any atom is 0.155 e. The third-order valence-corrected chi connectivity index (χ3v) is 9.06. The zero-order valence-electron chi connectivity index (χ0n) is 15.9. The highest BCUT2D eigenvalue weighted by atomic mass is 16.3. The van der Waals surface area contributed by atoms with E-state index in [1.165, 1.54) is 12.0 Å². The SMILES string of the molecule is C[C@]12CCC(=O)C=C1CC[C@@H]1[C@@H]2CC[C@@]2(C)[C@H]1CC[C@]2(O)c1cnc[nH]1. The van der Waals surface area contributed by atoms with Crippen LogP contribution < -0.4 is 0 Å². The molecule has 1 aromatic heterocycles. The maximum atomic E-state index is 12.0. The summed E-state index contributed by atoms with van der Waals surface area (Å²) in [5.74, 6) is 2.22. The summed E-state index contributed by atoms with van der Waals surface area (Å²) in [7, 11) is 0. The summed E-state index contributed by atoms with van der Waals surface area (Å²) in [6, 6.07) is 0. The molecule has 5 rings (SSSR count). The Bertz CT molecular complexity index is 769. The monoisotopic (exact) mass is 354 g/mol. The van der Waals surface area contributed by atoms with Crippen LogP contribution in [0, 0.1) is 28.6 Å². The molecule has 0 aliphatic heterocycles. The fraction of sp³-hybridized carbons (Fsp3) is 0.727. The lowest BCUT2D eigenvalue weighted by Gasteiger charge is -2.59. The standard InChI is InChI=1S/C22H30N2O2/c1-20-8-5-15(25)11-14(20)3-4-16-17(20)6-9-21(2)18(16)7-10-22(21,26)19-12-23-13-24-19/h11-13,16-18,26H,3-10H2,1-2H3,(H,23,24)/t16-,17+,18+,20+,21+,22+/m1/s1. The number of carbonyl (C=O) groups is 1. The average molecular weight is 354 g/mol. The van der Waals surface area contributed by atoms with Gasteiger partial charge in [-0.3, -0.25) is 4.79 Å². The van der Waals surface area contributed by atoms with Gasteiger partial charge in [0.2, 0.25) is 0 Å². The van der Waals surface area contributed by atoms with Gasteiger partial charge < -0.3 is 10.1 Å². The van der Waals surface area contributed by atoms with Crippen LogP contribution in [0.1, 0.15) is 70.9 Å². The fourth-order valence-corrected chi connectivity index (χ4v) is 7.50. The van der Waals surface area contributed by atoms with Gasteiger partial charge in [-0.15, -0.1) is 0 Å². The second kappa shape index (κ2) is 5.31. The van der Waals surface area contributed by atoms with Gasteiger partial charge in [-0.1, -0.05) is 19.4 Å². The van der Waals surface area contributed by atoms with Crippen LogP contribution >= 0.6 is 0 Å².